The number of amides is 8. The van der Waals surface area contributed by atoms with Crippen molar-refractivity contribution < 1.29 is 47.8 Å². The number of methoxy groups -OCH3 is 2. The van der Waals surface area contributed by atoms with Gasteiger partial charge in [0.1, 0.15) is 29.6 Å². The number of primary amides is 1. The molecule has 0 fully saturated rings. The number of rotatable bonds is 35. The first kappa shape index (κ1) is 66.3. The van der Waals surface area contributed by atoms with E-state index in [4.69, 9.17) is 43.9 Å². The van der Waals surface area contributed by atoms with Gasteiger partial charge in [-0.1, -0.05) is 6.42 Å². The fourth-order valence-electron chi connectivity index (χ4n) is 8.42. The summed E-state index contributed by atoms with van der Waals surface area (Å²) in [5, 5.41) is 19.6. The number of anilines is 4. The van der Waals surface area contributed by atoms with Gasteiger partial charge in [-0.3, -0.25) is 38.4 Å². The van der Waals surface area contributed by atoms with Crippen LogP contribution in [0.5, 0.6) is 11.5 Å². The Morgan fingerprint density at radius 1 is 0.432 bits per heavy atom. The largest absolute Gasteiger partial charge is 0.496 e. The molecule has 0 saturated heterocycles. The quantitative estimate of drug-likeness (QED) is 0.0226. The lowest BCUT2D eigenvalue weighted by atomic mass is 10.1. The molecule has 0 aromatic heterocycles. The van der Waals surface area contributed by atoms with Crippen LogP contribution in [0.1, 0.15) is 118 Å². The molecule has 4 unspecified atom stereocenters. The number of carbonyl (C=O) groups is 8. The molecule has 0 radical (unpaired) electrons. The summed E-state index contributed by atoms with van der Waals surface area (Å²) in [6, 6.07) is 14.3. The van der Waals surface area contributed by atoms with Gasteiger partial charge in [0, 0.05) is 32.5 Å². The number of carbonyl (C=O) groups excluding carboxylic acids is 8. The van der Waals surface area contributed by atoms with Crippen molar-refractivity contribution in [1.29, 1.82) is 0 Å². The highest BCUT2D eigenvalue weighted by atomic mass is 32.2. The average Bonchev–Trinajstić information content (AvgIpc) is 3.46. The first-order chi connectivity index (χ1) is 38.9. The van der Waals surface area contributed by atoms with Crippen LogP contribution in [-0.2, 0) is 19.2 Å². The number of nitrogens with two attached hydrogens (primary N) is 6. The third-order valence-corrected chi connectivity index (χ3v) is 14.5. The summed E-state index contributed by atoms with van der Waals surface area (Å²) in [5.74, 6) is -4.56. The van der Waals surface area contributed by atoms with E-state index in [2.05, 4.69) is 37.2 Å². The summed E-state index contributed by atoms with van der Waals surface area (Å²) in [6.45, 7) is 1.52. The Hall–Kier alpha value is -7.26. The zero-order valence-corrected chi connectivity index (χ0v) is 48.0. The first-order valence-electron chi connectivity index (χ1n) is 26.7. The van der Waals surface area contributed by atoms with Gasteiger partial charge in [0.25, 0.3) is 17.7 Å². The third kappa shape index (κ3) is 20.7. The van der Waals surface area contributed by atoms with Crippen LogP contribution in [0, 0.1) is 0 Å². The van der Waals surface area contributed by atoms with Gasteiger partial charge in [0.2, 0.25) is 29.5 Å². The van der Waals surface area contributed by atoms with Crippen molar-refractivity contribution >= 4 is 93.5 Å². The van der Waals surface area contributed by atoms with Gasteiger partial charge in [0.05, 0.1) is 42.5 Å². The molecular formula is C56H79N13O10S2. The number of hydrogen-bond acceptors (Lipinski definition) is 17. The molecule has 19 N–H and O–H groups in total. The lowest BCUT2D eigenvalue weighted by molar-refractivity contribution is -0.118. The monoisotopic (exact) mass is 1160 g/mol. The molecule has 81 heavy (non-hydrogen) atoms. The molecular weight excluding hydrogens is 1080 g/mol. The second kappa shape index (κ2) is 34.8. The second-order valence-corrected chi connectivity index (χ2v) is 20.5. The Bertz CT molecular complexity index is 2810. The van der Waals surface area contributed by atoms with Crippen molar-refractivity contribution in [1.82, 2.24) is 16.0 Å². The van der Waals surface area contributed by atoms with Crippen molar-refractivity contribution in [3.8, 4) is 11.5 Å². The molecule has 0 aliphatic heterocycles. The molecule has 25 heteroatoms. The minimum Gasteiger partial charge on any atom is -0.496 e. The summed E-state index contributed by atoms with van der Waals surface area (Å²) < 4.78 is 11.0. The standard InChI is InChI=1S/C56H79N13O10S2/c1-78-45-21-17-33(63-53(74)41(61)13-5-9-25-57)29-37(45)50(71)67-42(14-6-10-26-58)54(75)64-34-18-22-46(79-2)38(30-34)51(72)68-43(15-7-11-27-59)55(76)66-36-20-24-48(81-4)40(32-36)52(73)69-44(16-8-12-28-60)56(77)65-35-19-23-47(80-3)39(31-35)49(62)70/h17-24,29-32,41-44H,5-16,25-28,57-61H2,1-4H3,(H2,62,70)(H,63,74)(H,64,75)(H,65,77)(H,66,76)(H,67,71)(H,68,72)(H,69,73). The molecule has 440 valence electrons. The number of benzene rings is 4. The lowest BCUT2D eigenvalue weighted by Crippen LogP contribution is -2.44. The molecule has 0 spiro atoms. The zero-order chi connectivity index (χ0) is 59.4. The summed E-state index contributed by atoms with van der Waals surface area (Å²) in [5.41, 5.74) is 36.0. The summed E-state index contributed by atoms with van der Waals surface area (Å²) in [4.78, 5) is 111. The molecule has 23 nitrogen and oxygen atoms in total. The predicted molar refractivity (Wildman–Crippen MR) is 319 cm³/mol. The fraction of sp³-hybridized carbons (Fsp3) is 0.429. The van der Waals surface area contributed by atoms with E-state index < -0.39 is 71.4 Å². The number of nitrogens with one attached hydrogen (secondary N) is 7. The molecule has 0 heterocycles. The van der Waals surface area contributed by atoms with E-state index in [1.165, 1.54) is 80.2 Å². The Labute approximate surface area is 481 Å². The van der Waals surface area contributed by atoms with Crippen molar-refractivity contribution in [3.05, 3.63) is 95.1 Å². The van der Waals surface area contributed by atoms with Gasteiger partial charge in [0.15, 0.2) is 0 Å². The summed E-state index contributed by atoms with van der Waals surface area (Å²) in [6.07, 6.45) is 9.08. The van der Waals surface area contributed by atoms with Crippen LogP contribution in [0.4, 0.5) is 22.7 Å². The van der Waals surface area contributed by atoms with Crippen LogP contribution in [0.2, 0.25) is 0 Å². The Morgan fingerprint density at radius 2 is 0.741 bits per heavy atom. The van der Waals surface area contributed by atoms with E-state index in [9.17, 15) is 38.4 Å². The number of unbranched alkanes of at least 4 members (excludes halogenated alkanes) is 4. The van der Waals surface area contributed by atoms with Crippen molar-refractivity contribution in [2.24, 2.45) is 34.4 Å². The Morgan fingerprint density at radius 3 is 1.09 bits per heavy atom. The fourth-order valence-corrected chi connectivity index (χ4v) is 9.58. The molecule has 4 aromatic rings. The molecule has 0 aliphatic carbocycles. The highest BCUT2D eigenvalue weighted by Crippen LogP contribution is 2.29. The Balaban J connectivity index is 1.55. The lowest BCUT2D eigenvalue weighted by Gasteiger charge is -2.22. The summed E-state index contributed by atoms with van der Waals surface area (Å²) >= 11 is 2.61. The van der Waals surface area contributed by atoms with Crippen LogP contribution in [-0.4, -0.2) is 124 Å². The highest BCUT2D eigenvalue weighted by Gasteiger charge is 2.28. The first-order valence-corrected chi connectivity index (χ1v) is 29.1. The normalized spacial score (nSPS) is 12.4. The van der Waals surface area contributed by atoms with Gasteiger partial charge in [-0.15, -0.1) is 23.5 Å². The second-order valence-electron chi connectivity index (χ2n) is 18.8. The number of ether oxygens (including phenoxy) is 2. The topological polar surface area (TPSA) is 395 Å². The maximum atomic E-state index is 14.2. The van der Waals surface area contributed by atoms with E-state index in [0.717, 1.165) is 0 Å². The molecule has 0 aliphatic rings. The van der Waals surface area contributed by atoms with E-state index in [0.29, 0.717) is 99.4 Å². The number of hydrogen-bond donors (Lipinski definition) is 13. The van der Waals surface area contributed by atoms with Crippen molar-refractivity contribution in [2.45, 2.75) is 111 Å². The van der Waals surface area contributed by atoms with Gasteiger partial charge in [-0.25, -0.2) is 0 Å². The van der Waals surface area contributed by atoms with Gasteiger partial charge < -0.3 is 81.1 Å². The average molecular weight is 1160 g/mol. The van der Waals surface area contributed by atoms with Crippen molar-refractivity contribution in [2.75, 3.05) is 74.2 Å². The van der Waals surface area contributed by atoms with Crippen LogP contribution >= 0.6 is 23.5 Å². The number of thioether (sulfide) groups is 2. The Kier molecular flexibility index (Phi) is 28.5. The predicted octanol–water partition coefficient (Wildman–Crippen LogP) is 4.24. The molecule has 0 bridgehead atoms. The van der Waals surface area contributed by atoms with E-state index >= 15 is 0 Å². The van der Waals surface area contributed by atoms with Gasteiger partial charge in [-0.05, 0) is 182 Å². The van der Waals surface area contributed by atoms with Crippen LogP contribution in [0.15, 0.2) is 82.6 Å². The van der Waals surface area contributed by atoms with E-state index in [-0.39, 0.29) is 70.1 Å². The maximum Gasteiger partial charge on any atom is 0.255 e. The molecule has 4 atom stereocenters. The van der Waals surface area contributed by atoms with Crippen LogP contribution < -0.4 is 81.1 Å². The van der Waals surface area contributed by atoms with Gasteiger partial charge >= 0.3 is 0 Å². The minimum atomic E-state index is -1.13. The third-order valence-electron chi connectivity index (χ3n) is 12.9. The van der Waals surface area contributed by atoms with Gasteiger partial charge in [-0.2, -0.15) is 0 Å². The molecule has 0 saturated carbocycles. The minimum absolute atomic E-state index is 0.0306. The maximum absolute atomic E-state index is 14.2. The van der Waals surface area contributed by atoms with E-state index in [1.54, 1.807) is 42.8 Å². The molecule has 4 aromatic carbocycles. The summed E-state index contributed by atoms with van der Waals surface area (Å²) in [7, 11) is 2.74. The molecule has 4 rings (SSSR count). The zero-order valence-electron chi connectivity index (χ0n) is 46.4. The highest BCUT2D eigenvalue weighted by molar-refractivity contribution is 7.99. The van der Waals surface area contributed by atoms with Crippen LogP contribution in [0.25, 0.3) is 0 Å². The van der Waals surface area contributed by atoms with Crippen molar-refractivity contribution in [3.63, 3.8) is 0 Å². The van der Waals surface area contributed by atoms with E-state index in [1.807, 2.05) is 0 Å². The SMILES string of the molecule is COc1ccc(NC(=O)C(N)CCCCN)cc1C(=O)NC(CCCCN)C(=O)Nc1ccc(OC)c(C(=O)NC(CCCCN)C(=O)Nc2ccc(SC)c(C(=O)NC(CCCCN)C(=O)Nc3ccc(SC)c(C(N)=O)c3)c2)c1. The van der Waals surface area contributed by atoms with Crippen LogP contribution in [0.3, 0.4) is 0 Å². The smallest absolute Gasteiger partial charge is 0.255 e. The molecule has 8 amide bonds.